The number of benzene rings is 1. The number of thiophene rings is 1. The van der Waals surface area contributed by atoms with Crippen LogP contribution in [0.15, 0.2) is 36.4 Å². The molecule has 0 amide bonds. The van der Waals surface area contributed by atoms with Crippen LogP contribution >= 0.6 is 22.9 Å². The molecule has 0 aliphatic heterocycles. The molecule has 2 rings (SSSR count). The predicted octanol–water partition coefficient (Wildman–Crippen LogP) is 5.25. The fourth-order valence-corrected chi connectivity index (χ4v) is 3.49. The molecule has 0 fully saturated rings. The van der Waals surface area contributed by atoms with E-state index in [1.54, 1.807) is 0 Å². The van der Waals surface area contributed by atoms with E-state index < -0.39 is 0 Å². The lowest BCUT2D eigenvalue weighted by molar-refractivity contribution is 0.536. The van der Waals surface area contributed by atoms with E-state index in [0.29, 0.717) is 6.04 Å². The molecule has 1 aromatic heterocycles. The van der Waals surface area contributed by atoms with Gasteiger partial charge in [0.25, 0.3) is 0 Å². The minimum atomic E-state index is 0.361. The smallest absolute Gasteiger partial charge is 0.0456 e. The largest absolute Gasteiger partial charge is 0.309 e. The van der Waals surface area contributed by atoms with E-state index in [0.717, 1.165) is 30.8 Å². The van der Waals surface area contributed by atoms with Crippen LogP contribution in [0.3, 0.4) is 0 Å². The summed E-state index contributed by atoms with van der Waals surface area (Å²) in [4.78, 5) is 2.86. The van der Waals surface area contributed by atoms with Gasteiger partial charge in [-0.25, -0.2) is 0 Å². The zero-order valence-electron chi connectivity index (χ0n) is 12.2. The first kappa shape index (κ1) is 15.6. The van der Waals surface area contributed by atoms with Crippen molar-refractivity contribution < 1.29 is 0 Å². The third-order valence-electron chi connectivity index (χ3n) is 3.40. The molecule has 0 spiro atoms. The summed E-state index contributed by atoms with van der Waals surface area (Å²) in [5, 5.41) is 4.51. The topological polar surface area (TPSA) is 12.0 Å². The van der Waals surface area contributed by atoms with Crippen molar-refractivity contribution >= 4 is 22.9 Å². The molecule has 1 heterocycles. The number of nitrogens with one attached hydrogen (secondary N) is 1. The molecule has 0 saturated heterocycles. The second-order valence-corrected chi connectivity index (χ2v) is 6.57. The van der Waals surface area contributed by atoms with Gasteiger partial charge in [0.05, 0.1) is 0 Å². The van der Waals surface area contributed by atoms with Gasteiger partial charge in [-0.2, -0.15) is 0 Å². The molecular weight excluding hydrogens is 286 g/mol. The van der Waals surface area contributed by atoms with Gasteiger partial charge in [-0.15, -0.1) is 11.3 Å². The van der Waals surface area contributed by atoms with Crippen LogP contribution in [0.25, 0.3) is 0 Å². The van der Waals surface area contributed by atoms with Crippen LogP contribution in [0, 0.1) is 0 Å². The fourth-order valence-electron chi connectivity index (χ4n) is 2.25. The summed E-state index contributed by atoms with van der Waals surface area (Å²) >= 11 is 8.21. The molecule has 0 aliphatic carbocycles. The third kappa shape index (κ3) is 4.08. The van der Waals surface area contributed by atoms with Crippen molar-refractivity contribution in [3.05, 3.63) is 56.7 Å². The third-order valence-corrected chi connectivity index (χ3v) is 5.11. The van der Waals surface area contributed by atoms with Gasteiger partial charge in [-0.3, -0.25) is 0 Å². The van der Waals surface area contributed by atoms with Crippen molar-refractivity contribution in [3.8, 4) is 0 Å². The van der Waals surface area contributed by atoms with Gasteiger partial charge >= 0.3 is 0 Å². The van der Waals surface area contributed by atoms with Crippen LogP contribution in [0.5, 0.6) is 0 Å². The molecular formula is C17H22ClNS. The maximum Gasteiger partial charge on any atom is 0.0456 e. The van der Waals surface area contributed by atoms with Crippen molar-refractivity contribution in [2.45, 2.75) is 39.2 Å². The normalized spacial score (nSPS) is 12.6. The Hall–Kier alpha value is -0.830. The molecule has 2 aromatic rings. The molecule has 1 atom stereocenters. The lowest BCUT2D eigenvalue weighted by Gasteiger charge is -2.18. The molecule has 108 valence electrons. The van der Waals surface area contributed by atoms with Crippen molar-refractivity contribution in [1.29, 1.82) is 0 Å². The molecule has 0 radical (unpaired) electrons. The number of hydrogen-bond acceptors (Lipinski definition) is 2. The fraction of sp³-hybridized carbons (Fsp3) is 0.412. The van der Waals surface area contributed by atoms with Gasteiger partial charge in [0, 0.05) is 20.8 Å². The van der Waals surface area contributed by atoms with E-state index in [1.165, 1.54) is 15.3 Å². The summed E-state index contributed by atoms with van der Waals surface area (Å²) in [6.07, 6.45) is 3.20. The highest BCUT2D eigenvalue weighted by molar-refractivity contribution is 7.12. The zero-order valence-corrected chi connectivity index (χ0v) is 13.7. The minimum Gasteiger partial charge on any atom is -0.309 e. The Bertz CT molecular complexity index is 535. The Labute approximate surface area is 131 Å². The Balaban J connectivity index is 2.17. The predicted molar refractivity (Wildman–Crippen MR) is 89.9 cm³/mol. The molecule has 1 unspecified atom stereocenters. The monoisotopic (exact) mass is 307 g/mol. The van der Waals surface area contributed by atoms with Gasteiger partial charge in [-0.1, -0.05) is 43.6 Å². The highest BCUT2D eigenvalue weighted by atomic mass is 35.5. The number of aryl methyl sites for hydroxylation is 1. The summed E-state index contributed by atoms with van der Waals surface area (Å²) in [6.45, 7) is 5.44. The van der Waals surface area contributed by atoms with Crippen LogP contribution in [0.2, 0.25) is 5.02 Å². The van der Waals surface area contributed by atoms with Gasteiger partial charge in [0.1, 0.15) is 0 Å². The van der Waals surface area contributed by atoms with Crippen LogP contribution in [-0.2, 0) is 12.8 Å². The van der Waals surface area contributed by atoms with Crippen molar-refractivity contribution in [3.63, 3.8) is 0 Å². The summed E-state index contributed by atoms with van der Waals surface area (Å²) < 4.78 is 0. The molecule has 0 bridgehead atoms. The van der Waals surface area contributed by atoms with E-state index in [2.05, 4.69) is 43.4 Å². The van der Waals surface area contributed by atoms with E-state index in [1.807, 2.05) is 23.5 Å². The van der Waals surface area contributed by atoms with Crippen LogP contribution < -0.4 is 5.32 Å². The zero-order chi connectivity index (χ0) is 14.4. The van der Waals surface area contributed by atoms with E-state index >= 15 is 0 Å². The van der Waals surface area contributed by atoms with E-state index in [9.17, 15) is 0 Å². The molecule has 0 saturated carbocycles. The molecule has 3 heteroatoms. The highest BCUT2D eigenvalue weighted by Crippen LogP contribution is 2.28. The summed E-state index contributed by atoms with van der Waals surface area (Å²) in [5.41, 5.74) is 1.22. The summed E-state index contributed by atoms with van der Waals surface area (Å²) in [5.74, 6) is 0. The molecule has 1 nitrogen and oxygen atoms in total. The Morgan fingerprint density at radius 1 is 1.15 bits per heavy atom. The Morgan fingerprint density at radius 3 is 2.60 bits per heavy atom. The van der Waals surface area contributed by atoms with Crippen molar-refractivity contribution in [2.24, 2.45) is 0 Å². The lowest BCUT2D eigenvalue weighted by Crippen LogP contribution is -2.23. The molecule has 1 aromatic carbocycles. The van der Waals surface area contributed by atoms with Crippen molar-refractivity contribution in [1.82, 2.24) is 5.32 Å². The maximum absolute atomic E-state index is 6.30. The average molecular weight is 308 g/mol. The summed E-state index contributed by atoms with van der Waals surface area (Å²) in [7, 11) is 0. The van der Waals surface area contributed by atoms with Crippen molar-refractivity contribution in [2.75, 3.05) is 6.54 Å². The average Bonchev–Trinajstić information content (AvgIpc) is 2.94. The molecule has 20 heavy (non-hydrogen) atoms. The SMILES string of the molecule is CCCNC(Cc1ccccc1Cl)c1ccc(CC)s1. The summed E-state index contributed by atoms with van der Waals surface area (Å²) in [6, 6.07) is 13.0. The number of halogens is 1. The first-order chi connectivity index (χ1) is 9.74. The first-order valence-corrected chi connectivity index (χ1v) is 8.49. The minimum absolute atomic E-state index is 0.361. The van der Waals surface area contributed by atoms with E-state index in [4.69, 9.17) is 11.6 Å². The second-order valence-electron chi connectivity index (χ2n) is 4.96. The standard InChI is InChI=1S/C17H22ClNS/c1-3-11-19-16(17-10-9-14(4-2)20-17)12-13-7-5-6-8-15(13)18/h5-10,16,19H,3-4,11-12H2,1-2H3. The highest BCUT2D eigenvalue weighted by Gasteiger charge is 2.15. The first-order valence-electron chi connectivity index (χ1n) is 7.30. The molecule has 1 N–H and O–H groups in total. The number of rotatable bonds is 7. The van der Waals surface area contributed by atoms with E-state index in [-0.39, 0.29) is 0 Å². The second kappa shape index (κ2) is 7.82. The van der Waals surface area contributed by atoms with Gasteiger partial charge in [-0.05, 0) is 49.6 Å². The molecule has 0 aliphatic rings. The Kier molecular flexibility index (Phi) is 6.08. The van der Waals surface area contributed by atoms with Gasteiger partial charge < -0.3 is 5.32 Å². The van der Waals surface area contributed by atoms with Gasteiger partial charge in [0.2, 0.25) is 0 Å². The van der Waals surface area contributed by atoms with Crippen LogP contribution in [-0.4, -0.2) is 6.54 Å². The van der Waals surface area contributed by atoms with Crippen LogP contribution in [0.4, 0.5) is 0 Å². The Morgan fingerprint density at radius 2 is 1.95 bits per heavy atom. The van der Waals surface area contributed by atoms with Gasteiger partial charge in [0.15, 0.2) is 0 Å². The van der Waals surface area contributed by atoms with Crippen LogP contribution in [0.1, 0.15) is 41.6 Å². The maximum atomic E-state index is 6.30. The number of hydrogen-bond donors (Lipinski definition) is 1. The lowest BCUT2D eigenvalue weighted by atomic mass is 10.0. The quantitative estimate of drug-likeness (QED) is 0.737.